The molecule has 36 heavy (non-hydrogen) atoms. The van der Waals surface area contributed by atoms with E-state index in [-0.39, 0.29) is 5.25 Å². The van der Waals surface area contributed by atoms with E-state index in [0.29, 0.717) is 42.3 Å². The molecule has 0 atom stereocenters. The van der Waals surface area contributed by atoms with Gasteiger partial charge in [-0.1, -0.05) is 36.4 Å². The molecule has 5 aromatic rings. The summed E-state index contributed by atoms with van der Waals surface area (Å²) in [6, 6.07) is 19.5. The number of benzene rings is 1. The average Bonchev–Trinajstić information content (AvgIpc) is 3.69. The lowest BCUT2D eigenvalue weighted by atomic mass is 10.1. The predicted octanol–water partition coefficient (Wildman–Crippen LogP) is 4.37. The van der Waals surface area contributed by atoms with Crippen molar-refractivity contribution < 1.29 is 8.42 Å². The van der Waals surface area contributed by atoms with Crippen molar-refractivity contribution in [1.82, 2.24) is 24.6 Å². The molecule has 1 saturated carbocycles. The smallest absolute Gasteiger partial charge is 0.235 e. The van der Waals surface area contributed by atoms with E-state index in [0.717, 1.165) is 22.3 Å². The van der Waals surface area contributed by atoms with Gasteiger partial charge in [-0.05, 0) is 42.7 Å². The van der Waals surface area contributed by atoms with E-state index in [2.05, 4.69) is 20.0 Å². The molecule has 1 aliphatic carbocycles. The van der Waals surface area contributed by atoms with Gasteiger partial charge in [-0.3, -0.25) is 14.7 Å². The van der Waals surface area contributed by atoms with Gasteiger partial charge in [0.1, 0.15) is 5.52 Å². The summed E-state index contributed by atoms with van der Waals surface area (Å²) < 4.78 is 29.2. The van der Waals surface area contributed by atoms with Crippen LogP contribution in [-0.2, 0) is 16.6 Å². The summed E-state index contributed by atoms with van der Waals surface area (Å²) in [5.41, 5.74) is 4.75. The Kier molecular flexibility index (Phi) is 5.57. The molecule has 0 unspecified atom stereocenters. The summed E-state index contributed by atoms with van der Waals surface area (Å²) in [6.07, 6.45) is 8.13. The maximum absolute atomic E-state index is 12.4. The highest BCUT2D eigenvalue weighted by Gasteiger charge is 2.35. The Bertz CT molecular complexity index is 1630. The van der Waals surface area contributed by atoms with Crippen LogP contribution in [-0.4, -0.2) is 38.2 Å². The van der Waals surface area contributed by atoms with Crippen molar-refractivity contribution in [1.29, 1.82) is 0 Å². The van der Waals surface area contributed by atoms with Gasteiger partial charge in [0.05, 0.1) is 29.4 Å². The number of hydrogen-bond acceptors (Lipinski definition) is 7. The van der Waals surface area contributed by atoms with Gasteiger partial charge in [0, 0.05) is 29.7 Å². The fourth-order valence-electron chi connectivity index (χ4n) is 4.04. The van der Waals surface area contributed by atoms with Crippen molar-refractivity contribution >= 4 is 27.0 Å². The Morgan fingerprint density at radius 1 is 0.972 bits per heavy atom. The second-order valence-corrected chi connectivity index (χ2v) is 10.6. The molecule has 6 rings (SSSR count). The lowest BCUT2D eigenvalue weighted by Gasteiger charge is -2.12. The summed E-state index contributed by atoms with van der Waals surface area (Å²) >= 11 is 0. The molecule has 10 heteroatoms. The Labute approximate surface area is 208 Å². The molecule has 0 bridgehead atoms. The summed E-state index contributed by atoms with van der Waals surface area (Å²) in [7, 11) is -3.40. The molecular weight excluding hydrogens is 474 g/mol. The zero-order valence-electron chi connectivity index (χ0n) is 19.2. The van der Waals surface area contributed by atoms with Gasteiger partial charge in [0.2, 0.25) is 10.0 Å². The standard InChI is InChI=1S/C26H23N7O2S/c34-36(35,22-9-10-22)32-21-14-19(15-27-16-21)25-30-26(29-17-20-8-4-5-12-28-20)24-23(11-13-33(24)31-25)18-6-2-1-3-7-18/h1-8,11-16,22,32H,9-10,17H2,(H,29,30,31). The van der Waals surface area contributed by atoms with Crippen LogP contribution < -0.4 is 10.0 Å². The van der Waals surface area contributed by atoms with E-state index in [1.54, 1.807) is 23.0 Å². The van der Waals surface area contributed by atoms with Crippen LogP contribution in [0.15, 0.2) is 85.5 Å². The third-order valence-corrected chi connectivity index (χ3v) is 7.85. The molecule has 4 aromatic heterocycles. The van der Waals surface area contributed by atoms with Gasteiger partial charge in [-0.25, -0.2) is 17.9 Å². The number of pyridine rings is 2. The van der Waals surface area contributed by atoms with Crippen LogP contribution in [0.4, 0.5) is 11.5 Å². The number of nitrogens with one attached hydrogen (secondary N) is 2. The maximum atomic E-state index is 12.4. The second kappa shape index (κ2) is 9.04. The van der Waals surface area contributed by atoms with Gasteiger partial charge >= 0.3 is 0 Å². The monoisotopic (exact) mass is 497 g/mol. The molecule has 0 aliphatic heterocycles. The molecule has 0 amide bonds. The number of hydrogen-bond donors (Lipinski definition) is 2. The molecule has 4 heterocycles. The molecule has 0 spiro atoms. The molecular formula is C26H23N7O2S. The molecule has 0 saturated heterocycles. The molecule has 9 nitrogen and oxygen atoms in total. The van der Waals surface area contributed by atoms with Crippen LogP contribution >= 0.6 is 0 Å². The molecule has 1 aromatic carbocycles. The summed E-state index contributed by atoms with van der Waals surface area (Å²) in [6.45, 7) is 0.478. The van der Waals surface area contributed by atoms with Gasteiger partial charge in [0.15, 0.2) is 11.6 Å². The zero-order chi connectivity index (χ0) is 24.5. The minimum Gasteiger partial charge on any atom is -0.363 e. The third-order valence-electron chi connectivity index (χ3n) is 5.98. The Morgan fingerprint density at radius 3 is 2.58 bits per heavy atom. The highest BCUT2D eigenvalue weighted by Crippen LogP contribution is 2.32. The lowest BCUT2D eigenvalue weighted by molar-refractivity contribution is 0.600. The fraction of sp³-hybridized carbons (Fsp3) is 0.154. The second-order valence-electron chi connectivity index (χ2n) is 8.66. The number of anilines is 2. The van der Waals surface area contributed by atoms with E-state index in [4.69, 9.17) is 10.1 Å². The van der Waals surface area contributed by atoms with Gasteiger partial charge in [-0.15, -0.1) is 5.10 Å². The van der Waals surface area contributed by atoms with Gasteiger partial charge in [-0.2, -0.15) is 0 Å². The summed E-state index contributed by atoms with van der Waals surface area (Å²) in [5, 5.41) is 7.82. The quantitative estimate of drug-likeness (QED) is 0.327. The van der Waals surface area contributed by atoms with Crippen LogP contribution in [0, 0.1) is 0 Å². The first-order valence-electron chi connectivity index (χ1n) is 11.6. The SMILES string of the molecule is O=S(=O)(Nc1cncc(-c2nc(NCc3ccccn3)c3c(-c4ccccc4)ccn3n2)c1)C1CC1. The minimum atomic E-state index is -3.40. The Morgan fingerprint density at radius 2 is 1.81 bits per heavy atom. The topological polar surface area (TPSA) is 114 Å². The zero-order valence-corrected chi connectivity index (χ0v) is 20.1. The van der Waals surface area contributed by atoms with Crippen molar-refractivity contribution in [2.45, 2.75) is 24.6 Å². The van der Waals surface area contributed by atoms with Crippen LogP contribution in [0.3, 0.4) is 0 Å². The van der Waals surface area contributed by atoms with Crippen molar-refractivity contribution in [3.8, 4) is 22.5 Å². The predicted molar refractivity (Wildman–Crippen MR) is 139 cm³/mol. The van der Waals surface area contributed by atoms with E-state index in [1.165, 1.54) is 6.20 Å². The summed E-state index contributed by atoms with van der Waals surface area (Å²) in [4.78, 5) is 13.5. The van der Waals surface area contributed by atoms with Gasteiger partial charge < -0.3 is 5.32 Å². The van der Waals surface area contributed by atoms with Crippen LogP contribution in [0.5, 0.6) is 0 Å². The molecule has 1 fully saturated rings. The highest BCUT2D eigenvalue weighted by atomic mass is 32.2. The van der Waals surface area contributed by atoms with Crippen molar-refractivity contribution in [2.75, 3.05) is 10.0 Å². The van der Waals surface area contributed by atoms with E-state index in [9.17, 15) is 8.42 Å². The first kappa shape index (κ1) is 22.2. The number of aromatic nitrogens is 5. The minimum absolute atomic E-state index is 0.326. The van der Waals surface area contributed by atoms with Crippen LogP contribution in [0.25, 0.3) is 28.0 Å². The molecule has 2 N–H and O–H groups in total. The normalized spacial score (nSPS) is 13.6. The number of rotatable bonds is 8. The number of sulfonamides is 1. The van der Waals surface area contributed by atoms with Crippen molar-refractivity contribution in [3.63, 3.8) is 0 Å². The van der Waals surface area contributed by atoms with Crippen LogP contribution in [0.2, 0.25) is 0 Å². The fourth-order valence-corrected chi connectivity index (χ4v) is 5.41. The summed E-state index contributed by atoms with van der Waals surface area (Å²) in [5.74, 6) is 1.06. The van der Waals surface area contributed by atoms with Crippen molar-refractivity contribution in [2.24, 2.45) is 0 Å². The van der Waals surface area contributed by atoms with Crippen LogP contribution in [0.1, 0.15) is 18.5 Å². The molecule has 1 aliphatic rings. The maximum Gasteiger partial charge on any atom is 0.235 e. The lowest BCUT2D eigenvalue weighted by Crippen LogP contribution is -2.17. The molecule has 0 radical (unpaired) electrons. The van der Waals surface area contributed by atoms with E-state index < -0.39 is 10.0 Å². The first-order chi connectivity index (χ1) is 17.6. The van der Waals surface area contributed by atoms with Gasteiger partial charge in [0.25, 0.3) is 0 Å². The Hall–Kier alpha value is -4.31. The third kappa shape index (κ3) is 4.50. The number of nitrogens with zero attached hydrogens (tertiary/aromatic N) is 5. The largest absolute Gasteiger partial charge is 0.363 e. The van der Waals surface area contributed by atoms with E-state index in [1.807, 2.05) is 60.8 Å². The Balaban J connectivity index is 1.42. The van der Waals surface area contributed by atoms with E-state index >= 15 is 0 Å². The average molecular weight is 498 g/mol. The van der Waals surface area contributed by atoms with Crippen molar-refractivity contribution in [3.05, 3.63) is 91.1 Å². The molecule has 180 valence electrons. The number of fused-ring (bicyclic) bond motifs is 1. The highest BCUT2D eigenvalue weighted by molar-refractivity contribution is 7.93. The first-order valence-corrected chi connectivity index (χ1v) is 13.2.